The highest BCUT2D eigenvalue weighted by molar-refractivity contribution is 6.31. The Morgan fingerprint density at radius 2 is 2.00 bits per heavy atom. The molecule has 0 radical (unpaired) electrons. The fourth-order valence-corrected chi connectivity index (χ4v) is 2.14. The van der Waals surface area contributed by atoms with Crippen LogP contribution >= 0.6 is 11.6 Å². The van der Waals surface area contributed by atoms with Gasteiger partial charge in [0.2, 0.25) is 5.91 Å². The molecule has 0 saturated heterocycles. The van der Waals surface area contributed by atoms with Crippen molar-refractivity contribution in [1.82, 2.24) is 5.32 Å². The predicted molar refractivity (Wildman–Crippen MR) is 74.1 cm³/mol. The zero-order chi connectivity index (χ0) is 15.1. The minimum absolute atomic E-state index is 0.0621. The lowest BCUT2D eigenvalue weighted by Gasteiger charge is -2.15. The van der Waals surface area contributed by atoms with Gasteiger partial charge in [0.15, 0.2) is 0 Å². The highest BCUT2D eigenvalue weighted by Crippen LogP contribution is 2.23. The molecule has 0 aliphatic carbocycles. The second-order valence-corrected chi connectivity index (χ2v) is 4.96. The molecule has 0 fully saturated rings. The topological polar surface area (TPSA) is 66.4 Å². The van der Waals surface area contributed by atoms with Gasteiger partial charge in [-0.05, 0) is 37.5 Å². The standard InChI is InChI=1S/C14H17ClFNO3/c1-9(11-7-6-10(16)8-12(11)15)17-13(18)4-2-3-5-14(19)20/h6-9H,2-5H2,1H3,(H,17,18)(H,19,20). The van der Waals surface area contributed by atoms with E-state index in [1.807, 2.05) is 0 Å². The molecule has 0 aromatic heterocycles. The third-order valence-corrected chi connectivity index (χ3v) is 3.18. The van der Waals surface area contributed by atoms with E-state index >= 15 is 0 Å². The Balaban J connectivity index is 2.43. The number of benzene rings is 1. The molecule has 0 aliphatic rings. The smallest absolute Gasteiger partial charge is 0.303 e. The van der Waals surface area contributed by atoms with Crippen molar-refractivity contribution in [3.63, 3.8) is 0 Å². The van der Waals surface area contributed by atoms with Gasteiger partial charge in [-0.2, -0.15) is 0 Å². The van der Waals surface area contributed by atoms with E-state index < -0.39 is 11.8 Å². The minimum atomic E-state index is -0.864. The molecule has 1 aromatic rings. The van der Waals surface area contributed by atoms with Crippen molar-refractivity contribution < 1.29 is 19.1 Å². The Labute approximate surface area is 121 Å². The fourth-order valence-electron chi connectivity index (χ4n) is 1.81. The second-order valence-electron chi connectivity index (χ2n) is 4.56. The van der Waals surface area contributed by atoms with Gasteiger partial charge in [-0.25, -0.2) is 4.39 Å². The Bertz CT molecular complexity index is 493. The van der Waals surface area contributed by atoms with Gasteiger partial charge in [0, 0.05) is 17.9 Å². The summed E-state index contributed by atoms with van der Waals surface area (Å²) >= 11 is 5.91. The summed E-state index contributed by atoms with van der Waals surface area (Å²) in [4.78, 5) is 22.0. The molecule has 1 unspecified atom stereocenters. The molecular weight excluding hydrogens is 285 g/mol. The van der Waals surface area contributed by atoms with E-state index in [-0.39, 0.29) is 29.8 Å². The van der Waals surface area contributed by atoms with Crippen LogP contribution in [0.1, 0.15) is 44.2 Å². The molecule has 20 heavy (non-hydrogen) atoms. The van der Waals surface area contributed by atoms with Gasteiger partial charge >= 0.3 is 5.97 Å². The first-order valence-electron chi connectivity index (χ1n) is 6.36. The van der Waals surface area contributed by atoms with E-state index in [9.17, 15) is 14.0 Å². The summed E-state index contributed by atoms with van der Waals surface area (Å²) in [6, 6.07) is 3.70. The Morgan fingerprint density at radius 3 is 2.60 bits per heavy atom. The Kier molecular flexibility index (Phi) is 6.45. The van der Waals surface area contributed by atoms with E-state index in [1.54, 1.807) is 6.92 Å². The van der Waals surface area contributed by atoms with E-state index in [4.69, 9.17) is 16.7 Å². The zero-order valence-electron chi connectivity index (χ0n) is 11.2. The van der Waals surface area contributed by atoms with Crippen LogP contribution in [0, 0.1) is 5.82 Å². The molecule has 1 atom stereocenters. The van der Waals surface area contributed by atoms with Crippen molar-refractivity contribution in [2.75, 3.05) is 0 Å². The number of hydrogen-bond donors (Lipinski definition) is 2. The summed E-state index contributed by atoms with van der Waals surface area (Å²) in [6.07, 6.45) is 1.31. The number of unbranched alkanes of at least 4 members (excludes halogenated alkanes) is 1. The second kappa shape index (κ2) is 7.85. The van der Waals surface area contributed by atoms with Crippen LogP contribution in [-0.2, 0) is 9.59 Å². The number of carboxylic acid groups (broad SMARTS) is 1. The van der Waals surface area contributed by atoms with Crippen molar-refractivity contribution in [2.45, 2.75) is 38.6 Å². The van der Waals surface area contributed by atoms with Gasteiger partial charge in [0.05, 0.1) is 6.04 Å². The summed E-state index contributed by atoms with van der Waals surface area (Å²) in [7, 11) is 0. The van der Waals surface area contributed by atoms with Crippen molar-refractivity contribution in [3.05, 3.63) is 34.6 Å². The van der Waals surface area contributed by atoms with Gasteiger partial charge < -0.3 is 10.4 Å². The highest BCUT2D eigenvalue weighted by Gasteiger charge is 2.13. The molecule has 1 aromatic carbocycles. The number of aliphatic carboxylic acids is 1. The van der Waals surface area contributed by atoms with Crippen molar-refractivity contribution in [2.24, 2.45) is 0 Å². The molecule has 2 N–H and O–H groups in total. The van der Waals surface area contributed by atoms with Gasteiger partial charge in [-0.3, -0.25) is 9.59 Å². The van der Waals surface area contributed by atoms with Gasteiger partial charge in [0.25, 0.3) is 0 Å². The van der Waals surface area contributed by atoms with E-state index in [1.165, 1.54) is 18.2 Å². The van der Waals surface area contributed by atoms with E-state index in [0.717, 1.165) is 0 Å². The Morgan fingerprint density at radius 1 is 1.35 bits per heavy atom. The number of rotatable bonds is 7. The van der Waals surface area contributed by atoms with Crippen molar-refractivity contribution in [1.29, 1.82) is 0 Å². The highest BCUT2D eigenvalue weighted by atomic mass is 35.5. The van der Waals surface area contributed by atoms with Crippen molar-refractivity contribution in [3.8, 4) is 0 Å². The zero-order valence-corrected chi connectivity index (χ0v) is 11.9. The molecule has 6 heteroatoms. The number of carbonyl (C=O) groups is 2. The first kappa shape index (κ1) is 16.4. The molecule has 4 nitrogen and oxygen atoms in total. The first-order valence-corrected chi connectivity index (χ1v) is 6.74. The summed E-state index contributed by atoms with van der Waals surface area (Å²) in [5.41, 5.74) is 0.645. The normalized spacial score (nSPS) is 11.9. The van der Waals surface area contributed by atoms with Crippen LogP contribution in [0.4, 0.5) is 4.39 Å². The third kappa shape index (κ3) is 5.57. The summed E-state index contributed by atoms with van der Waals surface area (Å²) < 4.78 is 12.9. The largest absolute Gasteiger partial charge is 0.481 e. The van der Waals surface area contributed by atoms with Crippen LogP contribution in [0.25, 0.3) is 0 Å². The lowest BCUT2D eigenvalue weighted by Crippen LogP contribution is -2.26. The lowest BCUT2D eigenvalue weighted by molar-refractivity contribution is -0.137. The van der Waals surface area contributed by atoms with Crippen molar-refractivity contribution >= 4 is 23.5 Å². The quantitative estimate of drug-likeness (QED) is 0.759. The summed E-state index contributed by atoms with van der Waals surface area (Å²) in [6.45, 7) is 1.76. The fraction of sp³-hybridized carbons (Fsp3) is 0.429. The molecule has 0 aliphatic heterocycles. The molecule has 0 heterocycles. The SMILES string of the molecule is CC(NC(=O)CCCCC(=O)O)c1ccc(F)cc1Cl. The molecule has 0 bridgehead atoms. The maximum absolute atomic E-state index is 12.9. The van der Waals surface area contributed by atoms with Crippen LogP contribution in [-0.4, -0.2) is 17.0 Å². The van der Waals surface area contributed by atoms with E-state index in [0.29, 0.717) is 18.4 Å². The number of amides is 1. The van der Waals surface area contributed by atoms with E-state index in [2.05, 4.69) is 5.32 Å². The van der Waals surface area contributed by atoms with Crippen LogP contribution in [0.3, 0.4) is 0 Å². The van der Waals surface area contributed by atoms with Crippen LogP contribution in [0.2, 0.25) is 5.02 Å². The molecule has 110 valence electrons. The van der Waals surface area contributed by atoms with Gasteiger partial charge in [-0.15, -0.1) is 0 Å². The number of halogens is 2. The molecule has 1 rings (SSSR count). The number of nitrogens with one attached hydrogen (secondary N) is 1. The van der Waals surface area contributed by atoms with Gasteiger partial charge in [-0.1, -0.05) is 17.7 Å². The maximum Gasteiger partial charge on any atom is 0.303 e. The van der Waals surface area contributed by atoms with Gasteiger partial charge in [0.1, 0.15) is 5.82 Å². The molecule has 0 saturated carbocycles. The average Bonchev–Trinajstić information content (AvgIpc) is 2.34. The number of carbonyl (C=O) groups excluding carboxylic acids is 1. The van der Waals surface area contributed by atoms with Crippen LogP contribution in [0.5, 0.6) is 0 Å². The summed E-state index contributed by atoms with van der Waals surface area (Å²) in [5, 5.41) is 11.5. The maximum atomic E-state index is 12.9. The average molecular weight is 302 g/mol. The number of carboxylic acids is 1. The molecule has 1 amide bonds. The Hall–Kier alpha value is -1.62. The first-order chi connectivity index (χ1) is 9.40. The third-order valence-electron chi connectivity index (χ3n) is 2.85. The number of hydrogen-bond acceptors (Lipinski definition) is 2. The minimum Gasteiger partial charge on any atom is -0.481 e. The predicted octanol–water partition coefficient (Wildman–Crippen LogP) is 3.30. The van der Waals surface area contributed by atoms with Crippen LogP contribution < -0.4 is 5.32 Å². The molecule has 0 spiro atoms. The summed E-state index contributed by atoms with van der Waals surface area (Å²) in [5.74, 6) is -1.47. The molecular formula is C14H17ClFNO3. The van der Waals surface area contributed by atoms with Crippen LogP contribution in [0.15, 0.2) is 18.2 Å². The monoisotopic (exact) mass is 301 g/mol. The lowest BCUT2D eigenvalue weighted by atomic mass is 10.1.